The quantitative estimate of drug-likeness (QED) is 0.778. The second kappa shape index (κ2) is 5.66. The summed E-state index contributed by atoms with van der Waals surface area (Å²) < 4.78 is 18.9. The van der Waals surface area contributed by atoms with E-state index in [1.807, 2.05) is 6.92 Å². The van der Waals surface area contributed by atoms with Gasteiger partial charge < -0.3 is 10.5 Å². The summed E-state index contributed by atoms with van der Waals surface area (Å²) in [4.78, 5) is 0. The molecule has 16 heavy (non-hydrogen) atoms. The van der Waals surface area contributed by atoms with Crippen LogP contribution in [0.2, 0.25) is 0 Å². The maximum atomic E-state index is 13.5. The molecule has 1 atom stereocenters. The van der Waals surface area contributed by atoms with E-state index >= 15 is 0 Å². The van der Waals surface area contributed by atoms with Gasteiger partial charge in [0.05, 0.1) is 0 Å². The number of benzene rings is 1. The lowest BCUT2D eigenvalue weighted by atomic mass is 10.1. The van der Waals surface area contributed by atoms with E-state index in [-0.39, 0.29) is 11.9 Å². The molecule has 0 spiro atoms. The van der Waals surface area contributed by atoms with Gasteiger partial charge in [0.25, 0.3) is 0 Å². The summed E-state index contributed by atoms with van der Waals surface area (Å²) in [6.07, 6.45) is 0.862. The van der Waals surface area contributed by atoms with Crippen molar-refractivity contribution in [2.45, 2.75) is 26.3 Å². The van der Waals surface area contributed by atoms with E-state index in [2.05, 4.69) is 6.58 Å². The fraction of sp³-hybridized carbons (Fsp3) is 0.385. The third-order valence-corrected chi connectivity index (χ3v) is 2.41. The largest absolute Gasteiger partial charge is 0.489 e. The van der Waals surface area contributed by atoms with Crippen molar-refractivity contribution >= 4 is 0 Å². The molecule has 3 heteroatoms. The number of rotatable bonds is 5. The number of hydrogen-bond donors (Lipinski definition) is 1. The summed E-state index contributed by atoms with van der Waals surface area (Å²) in [6, 6.07) is 4.44. The normalized spacial score (nSPS) is 12.2. The highest BCUT2D eigenvalue weighted by Crippen LogP contribution is 2.20. The Balaban J connectivity index is 2.70. The molecule has 0 fully saturated rings. The number of ether oxygens (including phenoxy) is 1. The number of hydrogen-bond acceptors (Lipinski definition) is 2. The molecule has 0 radical (unpaired) electrons. The molecule has 1 aromatic carbocycles. The van der Waals surface area contributed by atoms with Gasteiger partial charge in [0.2, 0.25) is 0 Å². The molecule has 88 valence electrons. The van der Waals surface area contributed by atoms with Crippen LogP contribution in [0.15, 0.2) is 30.4 Å². The van der Waals surface area contributed by atoms with Crippen LogP contribution in [0.4, 0.5) is 4.39 Å². The van der Waals surface area contributed by atoms with E-state index in [4.69, 9.17) is 10.5 Å². The van der Waals surface area contributed by atoms with Gasteiger partial charge in [0, 0.05) is 17.7 Å². The van der Waals surface area contributed by atoms with Gasteiger partial charge in [-0.1, -0.05) is 19.6 Å². The predicted octanol–water partition coefficient (Wildman–Crippen LogP) is 3.19. The molecule has 1 rings (SSSR count). The van der Waals surface area contributed by atoms with Gasteiger partial charge >= 0.3 is 0 Å². The van der Waals surface area contributed by atoms with E-state index in [0.717, 1.165) is 12.0 Å². The zero-order valence-electron chi connectivity index (χ0n) is 9.79. The summed E-state index contributed by atoms with van der Waals surface area (Å²) in [5.41, 5.74) is 7.10. The Morgan fingerprint density at radius 1 is 1.56 bits per heavy atom. The standard InChI is InChI=1S/C13H18FNO/c1-4-9(2)8-16-11-5-6-12(10(3)15)13(14)7-11/h5-7,10H,2,4,8,15H2,1,3H3/t10-/m1/s1. The first kappa shape index (κ1) is 12.7. The van der Waals surface area contributed by atoms with Crippen molar-refractivity contribution in [3.8, 4) is 5.75 Å². The van der Waals surface area contributed by atoms with Crippen LogP contribution in [0.1, 0.15) is 31.9 Å². The zero-order valence-corrected chi connectivity index (χ0v) is 9.79. The van der Waals surface area contributed by atoms with Gasteiger partial charge in [-0.25, -0.2) is 4.39 Å². The van der Waals surface area contributed by atoms with Gasteiger partial charge in [-0.2, -0.15) is 0 Å². The number of nitrogens with two attached hydrogens (primary N) is 1. The Morgan fingerprint density at radius 3 is 2.75 bits per heavy atom. The van der Waals surface area contributed by atoms with E-state index in [1.54, 1.807) is 19.1 Å². The lowest BCUT2D eigenvalue weighted by molar-refractivity contribution is 0.346. The highest BCUT2D eigenvalue weighted by atomic mass is 19.1. The molecule has 0 saturated heterocycles. The predicted molar refractivity (Wildman–Crippen MR) is 63.9 cm³/mol. The van der Waals surface area contributed by atoms with Crippen LogP contribution >= 0.6 is 0 Å². The first-order chi connectivity index (χ1) is 7.54. The molecule has 0 bridgehead atoms. The fourth-order valence-electron chi connectivity index (χ4n) is 1.25. The summed E-state index contributed by atoms with van der Waals surface area (Å²) in [5.74, 6) is 0.186. The maximum Gasteiger partial charge on any atom is 0.131 e. The van der Waals surface area contributed by atoms with Crippen molar-refractivity contribution in [2.75, 3.05) is 6.61 Å². The highest BCUT2D eigenvalue weighted by molar-refractivity contribution is 5.30. The van der Waals surface area contributed by atoms with Crippen LogP contribution in [0.25, 0.3) is 0 Å². The Hall–Kier alpha value is -1.35. The van der Waals surface area contributed by atoms with Crippen LogP contribution in [0, 0.1) is 5.82 Å². The second-order valence-electron chi connectivity index (χ2n) is 3.86. The van der Waals surface area contributed by atoms with Crippen LogP contribution < -0.4 is 10.5 Å². The Morgan fingerprint density at radius 2 is 2.25 bits per heavy atom. The zero-order chi connectivity index (χ0) is 12.1. The van der Waals surface area contributed by atoms with Gasteiger partial charge in [-0.15, -0.1) is 0 Å². The van der Waals surface area contributed by atoms with Crippen molar-refractivity contribution in [2.24, 2.45) is 5.73 Å². The second-order valence-corrected chi connectivity index (χ2v) is 3.86. The van der Waals surface area contributed by atoms with Crippen LogP contribution in [-0.4, -0.2) is 6.61 Å². The molecule has 0 saturated carbocycles. The summed E-state index contributed by atoms with van der Waals surface area (Å²) in [7, 11) is 0. The highest BCUT2D eigenvalue weighted by Gasteiger charge is 2.07. The van der Waals surface area contributed by atoms with E-state index in [9.17, 15) is 4.39 Å². The lowest BCUT2D eigenvalue weighted by Gasteiger charge is -2.10. The fourth-order valence-corrected chi connectivity index (χ4v) is 1.25. The average Bonchev–Trinajstić information content (AvgIpc) is 2.25. The molecule has 0 aliphatic carbocycles. The molecular weight excluding hydrogens is 205 g/mol. The molecular formula is C13H18FNO. The SMILES string of the molecule is C=C(CC)COc1ccc([C@@H](C)N)c(F)c1. The van der Waals surface area contributed by atoms with Crippen LogP contribution in [-0.2, 0) is 0 Å². The minimum Gasteiger partial charge on any atom is -0.489 e. The molecule has 0 aliphatic heterocycles. The molecule has 0 amide bonds. The smallest absolute Gasteiger partial charge is 0.131 e. The van der Waals surface area contributed by atoms with Crippen LogP contribution in [0.5, 0.6) is 5.75 Å². The molecule has 2 nitrogen and oxygen atoms in total. The van der Waals surface area contributed by atoms with Gasteiger partial charge in [0.1, 0.15) is 18.2 Å². The summed E-state index contributed by atoms with van der Waals surface area (Å²) >= 11 is 0. The minimum absolute atomic E-state index is 0.306. The number of halogens is 1. The van der Waals surface area contributed by atoms with Crippen molar-refractivity contribution in [3.05, 3.63) is 41.7 Å². The van der Waals surface area contributed by atoms with Crippen LogP contribution in [0.3, 0.4) is 0 Å². The maximum absolute atomic E-state index is 13.5. The van der Waals surface area contributed by atoms with Gasteiger partial charge in [-0.05, 0) is 25.0 Å². The van der Waals surface area contributed by atoms with Crippen molar-refractivity contribution < 1.29 is 9.13 Å². The summed E-state index contributed by atoms with van der Waals surface area (Å²) in [6.45, 7) is 8.00. The molecule has 2 N–H and O–H groups in total. The molecule has 0 aromatic heterocycles. The minimum atomic E-state index is -0.324. The topological polar surface area (TPSA) is 35.2 Å². The third-order valence-electron chi connectivity index (χ3n) is 2.41. The Labute approximate surface area is 95.9 Å². The molecule has 0 aliphatic rings. The van der Waals surface area contributed by atoms with E-state index in [0.29, 0.717) is 17.9 Å². The van der Waals surface area contributed by atoms with Crippen molar-refractivity contribution in [1.29, 1.82) is 0 Å². The Bertz CT molecular complexity index is 374. The van der Waals surface area contributed by atoms with Gasteiger partial charge in [0.15, 0.2) is 0 Å². The molecule has 1 aromatic rings. The van der Waals surface area contributed by atoms with Gasteiger partial charge in [-0.3, -0.25) is 0 Å². The first-order valence-electron chi connectivity index (χ1n) is 5.39. The molecule has 0 heterocycles. The Kier molecular flexibility index (Phi) is 4.50. The van der Waals surface area contributed by atoms with E-state index in [1.165, 1.54) is 6.07 Å². The monoisotopic (exact) mass is 223 g/mol. The van der Waals surface area contributed by atoms with Crippen molar-refractivity contribution in [3.63, 3.8) is 0 Å². The molecule has 0 unspecified atom stereocenters. The summed E-state index contributed by atoms with van der Waals surface area (Å²) in [5, 5.41) is 0. The average molecular weight is 223 g/mol. The van der Waals surface area contributed by atoms with E-state index < -0.39 is 0 Å². The van der Waals surface area contributed by atoms with Crippen molar-refractivity contribution in [1.82, 2.24) is 0 Å². The lowest BCUT2D eigenvalue weighted by Crippen LogP contribution is -2.08. The first-order valence-corrected chi connectivity index (χ1v) is 5.39. The third kappa shape index (κ3) is 3.35.